The van der Waals surface area contributed by atoms with Crippen LogP contribution in [-0.2, 0) is 6.54 Å². The van der Waals surface area contributed by atoms with Crippen LogP contribution >= 0.6 is 0 Å². The van der Waals surface area contributed by atoms with Crippen molar-refractivity contribution >= 4 is 5.82 Å². The first-order valence-corrected chi connectivity index (χ1v) is 8.20. The average molecular weight is 288 g/mol. The molecule has 3 rings (SSSR count). The van der Waals surface area contributed by atoms with Gasteiger partial charge in [0.2, 0.25) is 0 Å². The number of hydrogen-bond donors (Lipinski definition) is 1. The van der Waals surface area contributed by atoms with Crippen molar-refractivity contribution in [3.05, 3.63) is 23.9 Å². The minimum Gasteiger partial charge on any atom is -0.357 e. The lowest BCUT2D eigenvalue weighted by molar-refractivity contribution is 0.298. The van der Waals surface area contributed by atoms with Gasteiger partial charge in [0.1, 0.15) is 5.82 Å². The van der Waals surface area contributed by atoms with E-state index in [1.54, 1.807) is 0 Å². The number of aromatic nitrogens is 1. The summed E-state index contributed by atoms with van der Waals surface area (Å²) in [5, 5.41) is 0. The number of fused-ring (bicyclic) bond motifs is 1. The van der Waals surface area contributed by atoms with Crippen molar-refractivity contribution in [2.75, 3.05) is 25.0 Å². The zero-order valence-corrected chi connectivity index (χ0v) is 13.5. The third kappa shape index (κ3) is 3.06. The Morgan fingerprint density at radius 2 is 2.14 bits per heavy atom. The smallest absolute Gasteiger partial charge is 0.128 e. The van der Waals surface area contributed by atoms with Crippen LogP contribution in [0.4, 0.5) is 5.82 Å². The topological polar surface area (TPSA) is 45.4 Å². The largest absolute Gasteiger partial charge is 0.357 e. The first kappa shape index (κ1) is 14.8. The summed E-state index contributed by atoms with van der Waals surface area (Å²) in [5.41, 5.74) is 7.52. The maximum absolute atomic E-state index is 6.21. The summed E-state index contributed by atoms with van der Waals surface area (Å²) >= 11 is 0. The summed E-state index contributed by atoms with van der Waals surface area (Å²) in [5.74, 6) is 2.61. The molecule has 0 amide bonds. The zero-order chi connectivity index (χ0) is 15.0. The van der Waals surface area contributed by atoms with E-state index in [4.69, 9.17) is 5.73 Å². The predicted octanol–water partition coefficient (Wildman–Crippen LogP) is 2.10. The molecule has 1 aliphatic carbocycles. The SMILES string of the molecule is CC(C)N(C)c1ccc(CN2CC3CCC(N)C3C2)cn1. The summed E-state index contributed by atoms with van der Waals surface area (Å²) in [6.45, 7) is 7.76. The molecule has 21 heavy (non-hydrogen) atoms. The minimum atomic E-state index is 0.431. The molecule has 2 heterocycles. The molecule has 4 nitrogen and oxygen atoms in total. The van der Waals surface area contributed by atoms with Crippen molar-refractivity contribution in [3.63, 3.8) is 0 Å². The molecule has 1 saturated heterocycles. The molecule has 3 unspecified atom stereocenters. The molecule has 1 aromatic rings. The second-order valence-corrected chi connectivity index (χ2v) is 7.09. The zero-order valence-electron chi connectivity index (χ0n) is 13.5. The lowest BCUT2D eigenvalue weighted by Gasteiger charge is -2.23. The number of likely N-dealkylation sites (tertiary alicyclic amines) is 1. The first-order chi connectivity index (χ1) is 10.0. The maximum atomic E-state index is 6.21. The van der Waals surface area contributed by atoms with Crippen molar-refractivity contribution in [3.8, 4) is 0 Å². The Morgan fingerprint density at radius 1 is 1.33 bits per heavy atom. The Morgan fingerprint density at radius 3 is 2.76 bits per heavy atom. The monoisotopic (exact) mass is 288 g/mol. The standard InChI is InChI=1S/C17H28N4/c1-12(2)20(3)17-7-4-13(8-19-17)9-21-10-14-5-6-16(18)15(14)11-21/h4,7-8,12,14-16H,5-6,9-11,18H2,1-3H3. The number of nitrogens with zero attached hydrogens (tertiary/aromatic N) is 3. The van der Waals surface area contributed by atoms with Gasteiger partial charge in [-0.1, -0.05) is 6.07 Å². The van der Waals surface area contributed by atoms with Gasteiger partial charge < -0.3 is 10.6 Å². The van der Waals surface area contributed by atoms with Gasteiger partial charge >= 0.3 is 0 Å². The molecule has 3 atom stereocenters. The third-order valence-corrected chi connectivity index (χ3v) is 5.34. The van der Waals surface area contributed by atoms with Crippen molar-refractivity contribution in [1.29, 1.82) is 0 Å². The van der Waals surface area contributed by atoms with E-state index in [0.717, 1.165) is 24.2 Å². The van der Waals surface area contributed by atoms with Gasteiger partial charge in [0.05, 0.1) is 0 Å². The van der Waals surface area contributed by atoms with Crippen molar-refractivity contribution in [1.82, 2.24) is 9.88 Å². The fraction of sp³-hybridized carbons (Fsp3) is 0.706. The van der Waals surface area contributed by atoms with Crippen molar-refractivity contribution < 1.29 is 0 Å². The fourth-order valence-corrected chi connectivity index (χ4v) is 3.77. The quantitative estimate of drug-likeness (QED) is 0.921. The van der Waals surface area contributed by atoms with Gasteiger partial charge in [0, 0.05) is 45.0 Å². The lowest BCUT2D eigenvalue weighted by atomic mass is 9.98. The van der Waals surface area contributed by atoms with E-state index in [9.17, 15) is 0 Å². The number of nitrogens with two attached hydrogens (primary N) is 1. The molecular formula is C17H28N4. The van der Waals surface area contributed by atoms with Crippen LogP contribution in [-0.4, -0.2) is 42.1 Å². The van der Waals surface area contributed by atoms with E-state index in [1.165, 1.54) is 31.5 Å². The van der Waals surface area contributed by atoms with E-state index in [-0.39, 0.29) is 0 Å². The van der Waals surface area contributed by atoms with E-state index >= 15 is 0 Å². The predicted molar refractivity (Wildman–Crippen MR) is 87.2 cm³/mol. The second kappa shape index (κ2) is 5.93. The highest BCUT2D eigenvalue weighted by Crippen LogP contribution is 2.37. The van der Waals surface area contributed by atoms with Crippen molar-refractivity contribution in [2.24, 2.45) is 17.6 Å². The van der Waals surface area contributed by atoms with Gasteiger partial charge in [-0.15, -0.1) is 0 Å². The lowest BCUT2D eigenvalue weighted by Crippen LogP contribution is -2.30. The van der Waals surface area contributed by atoms with Crippen LogP contribution in [0.5, 0.6) is 0 Å². The van der Waals surface area contributed by atoms with Crippen LogP contribution in [0.3, 0.4) is 0 Å². The molecule has 1 aliphatic heterocycles. The summed E-state index contributed by atoms with van der Waals surface area (Å²) in [7, 11) is 2.09. The molecule has 4 heteroatoms. The van der Waals surface area contributed by atoms with Gasteiger partial charge in [-0.05, 0) is 50.2 Å². The maximum Gasteiger partial charge on any atom is 0.128 e. The Kier molecular flexibility index (Phi) is 4.18. The molecule has 0 spiro atoms. The van der Waals surface area contributed by atoms with Crippen LogP contribution in [0.2, 0.25) is 0 Å². The van der Waals surface area contributed by atoms with Gasteiger partial charge in [-0.3, -0.25) is 4.90 Å². The van der Waals surface area contributed by atoms with E-state index < -0.39 is 0 Å². The number of hydrogen-bond acceptors (Lipinski definition) is 4. The van der Waals surface area contributed by atoms with E-state index in [1.807, 2.05) is 6.20 Å². The summed E-state index contributed by atoms with van der Waals surface area (Å²) in [4.78, 5) is 9.35. The summed E-state index contributed by atoms with van der Waals surface area (Å²) in [6.07, 6.45) is 4.57. The molecule has 0 bridgehead atoms. The number of rotatable bonds is 4. The first-order valence-electron chi connectivity index (χ1n) is 8.20. The van der Waals surface area contributed by atoms with E-state index in [2.05, 4.69) is 47.8 Å². The molecule has 2 fully saturated rings. The molecular weight excluding hydrogens is 260 g/mol. The number of pyridine rings is 1. The Bertz CT molecular complexity index is 470. The molecule has 1 saturated carbocycles. The minimum absolute atomic E-state index is 0.431. The molecule has 1 aromatic heterocycles. The van der Waals surface area contributed by atoms with Crippen LogP contribution < -0.4 is 10.6 Å². The second-order valence-electron chi connectivity index (χ2n) is 7.09. The number of anilines is 1. The molecule has 2 N–H and O–H groups in total. The highest BCUT2D eigenvalue weighted by Gasteiger charge is 2.40. The van der Waals surface area contributed by atoms with Crippen LogP contribution in [0.25, 0.3) is 0 Å². The molecule has 0 radical (unpaired) electrons. The molecule has 2 aliphatic rings. The Hall–Kier alpha value is -1.13. The summed E-state index contributed by atoms with van der Waals surface area (Å²) < 4.78 is 0. The van der Waals surface area contributed by atoms with Gasteiger partial charge in [0.15, 0.2) is 0 Å². The van der Waals surface area contributed by atoms with Crippen LogP contribution in [0.15, 0.2) is 18.3 Å². The highest BCUT2D eigenvalue weighted by molar-refractivity contribution is 5.39. The van der Waals surface area contributed by atoms with Crippen LogP contribution in [0.1, 0.15) is 32.3 Å². The average Bonchev–Trinajstić information content (AvgIpc) is 3.01. The highest BCUT2D eigenvalue weighted by atomic mass is 15.2. The van der Waals surface area contributed by atoms with Gasteiger partial charge in [-0.25, -0.2) is 4.98 Å². The third-order valence-electron chi connectivity index (χ3n) is 5.34. The van der Waals surface area contributed by atoms with E-state index in [0.29, 0.717) is 12.1 Å². The Labute approximate surface area is 128 Å². The fourth-order valence-electron chi connectivity index (χ4n) is 3.77. The van der Waals surface area contributed by atoms with Gasteiger partial charge in [0.25, 0.3) is 0 Å². The van der Waals surface area contributed by atoms with Crippen molar-refractivity contribution in [2.45, 2.75) is 45.3 Å². The molecule has 0 aromatic carbocycles. The van der Waals surface area contributed by atoms with Gasteiger partial charge in [-0.2, -0.15) is 0 Å². The normalized spacial score (nSPS) is 29.1. The summed E-state index contributed by atoms with van der Waals surface area (Å²) in [6, 6.07) is 5.26. The van der Waals surface area contributed by atoms with Crippen LogP contribution in [0, 0.1) is 11.8 Å². The Balaban J connectivity index is 1.59. The molecule has 116 valence electrons.